The first-order valence-corrected chi connectivity index (χ1v) is 9.28. The molecular formula is C22H26N2O3. The summed E-state index contributed by atoms with van der Waals surface area (Å²) in [4.78, 5) is 24.6. The summed E-state index contributed by atoms with van der Waals surface area (Å²) in [6.07, 6.45) is 3.23. The van der Waals surface area contributed by atoms with Crippen molar-refractivity contribution in [2.75, 3.05) is 17.2 Å². The van der Waals surface area contributed by atoms with Gasteiger partial charge in [-0.25, -0.2) is 0 Å². The molecule has 0 unspecified atom stereocenters. The number of fused-ring (bicyclic) bond motifs is 1. The van der Waals surface area contributed by atoms with Gasteiger partial charge >= 0.3 is 11.8 Å². The fraction of sp³-hybridized carbons (Fsp3) is 0.364. The van der Waals surface area contributed by atoms with E-state index in [-0.39, 0.29) is 5.41 Å². The molecule has 3 rings (SSSR count). The van der Waals surface area contributed by atoms with Crippen LogP contribution in [0.15, 0.2) is 42.5 Å². The fourth-order valence-electron chi connectivity index (χ4n) is 3.01. The first-order chi connectivity index (χ1) is 12.8. The van der Waals surface area contributed by atoms with Crippen molar-refractivity contribution in [3.05, 3.63) is 53.6 Å². The van der Waals surface area contributed by atoms with E-state index in [1.165, 1.54) is 11.1 Å². The summed E-state index contributed by atoms with van der Waals surface area (Å²) in [7, 11) is 0. The molecule has 2 aromatic carbocycles. The lowest BCUT2D eigenvalue weighted by molar-refractivity contribution is -0.133. The molecule has 0 saturated carbocycles. The van der Waals surface area contributed by atoms with Gasteiger partial charge in [-0.05, 0) is 60.1 Å². The molecule has 0 radical (unpaired) electrons. The molecule has 2 aromatic rings. The highest BCUT2D eigenvalue weighted by Crippen LogP contribution is 2.27. The number of aryl methyl sites for hydroxylation is 2. The van der Waals surface area contributed by atoms with Gasteiger partial charge < -0.3 is 15.4 Å². The Kier molecular flexibility index (Phi) is 5.49. The van der Waals surface area contributed by atoms with Gasteiger partial charge in [0.1, 0.15) is 5.75 Å². The van der Waals surface area contributed by atoms with E-state index in [9.17, 15) is 9.59 Å². The molecule has 0 saturated heterocycles. The molecule has 0 spiro atoms. The minimum Gasteiger partial charge on any atom is -0.491 e. The number of carbonyl (C=O) groups is 2. The number of hydrogen-bond acceptors (Lipinski definition) is 3. The second kappa shape index (κ2) is 7.82. The predicted octanol–water partition coefficient (Wildman–Crippen LogP) is 4.18. The van der Waals surface area contributed by atoms with E-state index < -0.39 is 11.8 Å². The zero-order chi connectivity index (χ0) is 19.4. The van der Waals surface area contributed by atoms with Gasteiger partial charge in [0.25, 0.3) is 0 Å². The van der Waals surface area contributed by atoms with Crippen molar-refractivity contribution in [1.82, 2.24) is 0 Å². The van der Waals surface area contributed by atoms with Crippen LogP contribution in [0.2, 0.25) is 0 Å². The fourth-order valence-corrected chi connectivity index (χ4v) is 3.01. The van der Waals surface area contributed by atoms with Gasteiger partial charge in [-0.1, -0.05) is 39.0 Å². The quantitative estimate of drug-likeness (QED) is 0.798. The summed E-state index contributed by atoms with van der Waals surface area (Å²) in [5.41, 5.74) is 3.68. The van der Waals surface area contributed by atoms with Crippen molar-refractivity contribution in [1.29, 1.82) is 0 Å². The summed E-state index contributed by atoms with van der Waals surface area (Å²) in [6, 6.07) is 12.9. The van der Waals surface area contributed by atoms with E-state index in [1.54, 1.807) is 18.2 Å². The van der Waals surface area contributed by atoms with Crippen LogP contribution in [-0.4, -0.2) is 18.4 Å². The molecule has 0 bridgehead atoms. The Morgan fingerprint density at radius 3 is 2.44 bits per heavy atom. The Hall–Kier alpha value is -2.82. The molecule has 0 aromatic heterocycles. The third-order valence-corrected chi connectivity index (χ3v) is 4.36. The molecule has 2 amide bonds. The van der Waals surface area contributed by atoms with E-state index in [1.807, 2.05) is 24.3 Å². The van der Waals surface area contributed by atoms with Crippen molar-refractivity contribution in [3.8, 4) is 5.75 Å². The van der Waals surface area contributed by atoms with Crippen molar-refractivity contribution >= 4 is 23.2 Å². The van der Waals surface area contributed by atoms with Crippen LogP contribution in [-0.2, 0) is 22.4 Å². The minimum atomic E-state index is -0.720. The van der Waals surface area contributed by atoms with Gasteiger partial charge in [0.15, 0.2) is 0 Å². The molecule has 1 aliphatic carbocycles. The number of benzene rings is 2. The number of carbonyl (C=O) groups excluding carboxylic acids is 2. The van der Waals surface area contributed by atoms with E-state index in [2.05, 4.69) is 31.4 Å². The van der Waals surface area contributed by atoms with Gasteiger partial charge in [0, 0.05) is 5.69 Å². The lowest BCUT2D eigenvalue weighted by Crippen LogP contribution is -2.29. The van der Waals surface area contributed by atoms with E-state index in [0.29, 0.717) is 23.7 Å². The number of hydrogen-bond donors (Lipinski definition) is 2. The first kappa shape index (κ1) is 19.0. The van der Waals surface area contributed by atoms with Crippen LogP contribution in [0.4, 0.5) is 11.4 Å². The zero-order valence-electron chi connectivity index (χ0n) is 16.1. The number of nitrogens with one attached hydrogen (secondary N) is 2. The van der Waals surface area contributed by atoms with Crippen molar-refractivity contribution < 1.29 is 14.3 Å². The maximum absolute atomic E-state index is 12.3. The topological polar surface area (TPSA) is 67.4 Å². The summed E-state index contributed by atoms with van der Waals surface area (Å²) in [5, 5.41) is 5.32. The third kappa shape index (κ3) is 5.09. The highest BCUT2D eigenvalue weighted by molar-refractivity contribution is 6.43. The van der Waals surface area contributed by atoms with Crippen LogP contribution in [0.25, 0.3) is 0 Å². The molecular weight excluding hydrogens is 340 g/mol. The summed E-state index contributed by atoms with van der Waals surface area (Å²) in [5.74, 6) is -0.869. The summed E-state index contributed by atoms with van der Waals surface area (Å²) in [6.45, 7) is 6.70. The number of anilines is 2. The molecule has 0 heterocycles. The normalized spacial score (nSPS) is 13.0. The first-order valence-electron chi connectivity index (χ1n) is 9.28. The maximum Gasteiger partial charge on any atom is 0.314 e. The van der Waals surface area contributed by atoms with E-state index in [4.69, 9.17) is 4.74 Å². The van der Waals surface area contributed by atoms with Crippen molar-refractivity contribution in [3.63, 3.8) is 0 Å². The van der Waals surface area contributed by atoms with Crippen LogP contribution < -0.4 is 15.4 Å². The van der Waals surface area contributed by atoms with Crippen molar-refractivity contribution in [2.24, 2.45) is 5.41 Å². The van der Waals surface area contributed by atoms with Crippen LogP contribution in [0.3, 0.4) is 0 Å². The summed E-state index contributed by atoms with van der Waals surface area (Å²) < 4.78 is 5.80. The number of amides is 2. The Morgan fingerprint density at radius 2 is 1.67 bits per heavy atom. The van der Waals surface area contributed by atoms with Crippen LogP contribution in [0, 0.1) is 5.41 Å². The SMILES string of the molecule is CC(C)(C)COc1ccccc1NC(=O)C(=O)Nc1ccc2c(c1)CCC2. The number of para-hydroxylation sites is 2. The predicted molar refractivity (Wildman–Crippen MR) is 107 cm³/mol. The Morgan fingerprint density at radius 1 is 0.963 bits per heavy atom. The third-order valence-electron chi connectivity index (χ3n) is 4.36. The molecule has 5 nitrogen and oxygen atoms in total. The maximum atomic E-state index is 12.3. The Bertz CT molecular complexity index is 853. The average Bonchev–Trinajstić information content (AvgIpc) is 3.08. The zero-order valence-corrected chi connectivity index (χ0v) is 16.1. The summed E-state index contributed by atoms with van der Waals surface area (Å²) >= 11 is 0. The molecule has 2 N–H and O–H groups in total. The van der Waals surface area contributed by atoms with Gasteiger partial charge in [0.2, 0.25) is 0 Å². The Labute approximate surface area is 160 Å². The molecule has 5 heteroatoms. The van der Waals surface area contributed by atoms with Crippen LogP contribution >= 0.6 is 0 Å². The van der Waals surface area contributed by atoms with Crippen molar-refractivity contribution in [2.45, 2.75) is 40.0 Å². The van der Waals surface area contributed by atoms with Gasteiger partial charge in [-0.15, -0.1) is 0 Å². The highest BCUT2D eigenvalue weighted by Gasteiger charge is 2.18. The lowest BCUT2D eigenvalue weighted by Gasteiger charge is -2.20. The van der Waals surface area contributed by atoms with Gasteiger partial charge in [-0.3, -0.25) is 9.59 Å². The molecule has 142 valence electrons. The standard InChI is InChI=1S/C22H26N2O3/c1-22(2,3)14-27-19-10-5-4-9-18(19)24-21(26)20(25)23-17-12-11-15-7-6-8-16(15)13-17/h4-5,9-13H,6-8,14H2,1-3H3,(H,23,25)(H,24,26). The molecule has 0 aliphatic heterocycles. The lowest BCUT2D eigenvalue weighted by atomic mass is 9.99. The number of ether oxygens (including phenoxy) is 1. The average molecular weight is 366 g/mol. The van der Waals surface area contributed by atoms with E-state index in [0.717, 1.165) is 19.3 Å². The van der Waals surface area contributed by atoms with Crippen LogP contribution in [0.5, 0.6) is 5.75 Å². The molecule has 0 atom stereocenters. The monoisotopic (exact) mass is 366 g/mol. The molecule has 27 heavy (non-hydrogen) atoms. The number of rotatable bonds is 4. The highest BCUT2D eigenvalue weighted by atomic mass is 16.5. The Balaban J connectivity index is 1.64. The second-order valence-corrected chi connectivity index (χ2v) is 8.09. The minimum absolute atomic E-state index is 0.0118. The molecule has 1 aliphatic rings. The largest absolute Gasteiger partial charge is 0.491 e. The smallest absolute Gasteiger partial charge is 0.314 e. The second-order valence-electron chi connectivity index (χ2n) is 8.09. The molecule has 0 fully saturated rings. The van der Waals surface area contributed by atoms with Gasteiger partial charge in [-0.2, -0.15) is 0 Å². The van der Waals surface area contributed by atoms with E-state index >= 15 is 0 Å². The van der Waals surface area contributed by atoms with Gasteiger partial charge in [0.05, 0.1) is 12.3 Å². The van der Waals surface area contributed by atoms with Crippen LogP contribution in [0.1, 0.15) is 38.3 Å².